The van der Waals surface area contributed by atoms with Crippen molar-refractivity contribution in [2.75, 3.05) is 26.2 Å². The molecule has 1 saturated heterocycles. The van der Waals surface area contributed by atoms with Gasteiger partial charge in [-0.05, 0) is 38.4 Å². The van der Waals surface area contributed by atoms with Gasteiger partial charge in [0, 0.05) is 0 Å². The van der Waals surface area contributed by atoms with Crippen LogP contribution in [0.3, 0.4) is 0 Å². The first-order chi connectivity index (χ1) is 5.36. The minimum atomic E-state index is 0.581. The first kappa shape index (κ1) is 8.51. The normalized spacial score (nSPS) is 21.5. The summed E-state index contributed by atoms with van der Waals surface area (Å²) in [5.41, 5.74) is 5.54. The number of nitrogens with two attached hydrogens (primary N) is 1. The molecule has 0 amide bonds. The Morgan fingerprint density at radius 3 is 2.55 bits per heavy atom. The SMILES string of the molecule is N#CCN1CCC(CN)CC1. The summed E-state index contributed by atoms with van der Waals surface area (Å²) in [4.78, 5) is 2.19. The number of likely N-dealkylation sites (tertiary alicyclic amines) is 1. The molecule has 0 bridgehead atoms. The van der Waals surface area contributed by atoms with Crippen LogP contribution < -0.4 is 5.73 Å². The Kier molecular flexibility index (Phi) is 3.34. The summed E-state index contributed by atoms with van der Waals surface area (Å²) in [5.74, 6) is 0.699. The van der Waals surface area contributed by atoms with Gasteiger partial charge >= 0.3 is 0 Å². The van der Waals surface area contributed by atoms with Crippen molar-refractivity contribution in [3.63, 3.8) is 0 Å². The van der Waals surface area contributed by atoms with E-state index < -0.39 is 0 Å². The minimum Gasteiger partial charge on any atom is -0.330 e. The quantitative estimate of drug-likeness (QED) is 0.576. The average molecular weight is 153 g/mol. The Hall–Kier alpha value is -0.590. The monoisotopic (exact) mass is 153 g/mol. The molecule has 0 aromatic carbocycles. The summed E-state index contributed by atoms with van der Waals surface area (Å²) in [6, 6.07) is 2.16. The zero-order valence-corrected chi connectivity index (χ0v) is 6.79. The summed E-state index contributed by atoms with van der Waals surface area (Å²) in [6.45, 7) is 3.49. The molecule has 0 aliphatic carbocycles. The van der Waals surface area contributed by atoms with Crippen LogP contribution in [0, 0.1) is 17.2 Å². The van der Waals surface area contributed by atoms with Crippen LogP contribution in [0.2, 0.25) is 0 Å². The molecule has 62 valence electrons. The van der Waals surface area contributed by atoms with Crippen molar-refractivity contribution in [3.05, 3.63) is 0 Å². The topological polar surface area (TPSA) is 53.0 Å². The second-order valence-corrected chi connectivity index (χ2v) is 3.11. The first-order valence-corrected chi connectivity index (χ1v) is 4.16. The summed E-state index contributed by atoms with van der Waals surface area (Å²) in [6.07, 6.45) is 2.33. The fraction of sp³-hybridized carbons (Fsp3) is 0.875. The fourth-order valence-electron chi connectivity index (χ4n) is 1.48. The van der Waals surface area contributed by atoms with Crippen LogP contribution in [0.1, 0.15) is 12.8 Å². The highest BCUT2D eigenvalue weighted by Crippen LogP contribution is 2.14. The third-order valence-electron chi connectivity index (χ3n) is 2.33. The van der Waals surface area contributed by atoms with Gasteiger partial charge < -0.3 is 5.73 Å². The second kappa shape index (κ2) is 4.32. The van der Waals surface area contributed by atoms with Crippen molar-refractivity contribution in [1.29, 1.82) is 5.26 Å². The van der Waals surface area contributed by atoms with Crippen molar-refractivity contribution in [1.82, 2.24) is 4.90 Å². The molecule has 1 aliphatic heterocycles. The molecule has 11 heavy (non-hydrogen) atoms. The molecule has 1 heterocycles. The number of hydrogen-bond donors (Lipinski definition) is 1. The van der Waals surface area contributed by atoms with Crippen molar-refractivity contribution >= 4 is 0 Å². The molecule has 0 radical (unpaired) electrons. The Balaban J connectivity index is 2.20. The van der Waals surface area contributed by atoms with E-state index in [9.17, 15) is 0 Å². The predicted octanol–water partition coefficient (Wildman–Crippen LogP) is 0.181. The molecular formula is C8H15N3. The molecule has 0 atom stereocenters. The zero-order valence-electron chi connectivity index (χ0n) is 6.79. The van der Waals surface area contributed by atoms with Crippen LogP contribution in [0.5, 0.6) is 0 Å². The molecule has 0 aromatic heterocycles. The Morgan fingerprint density at radius 1 is 1.45 bits per heavy atom. The highest BCUT2D eigenvalue weighted by Gasteiger charge is 2.16. The van der Waals surface area contributed by atoms with Crippen molar-refractivity contribution < 1.29 is 0 Å². The number of nitriles is 1. The molecule has 0 saturated carbocycles. The van der Waals surface area contributed by atoms with Gasteiger partial charge in [-0.15, -0.1) is 0 Å². The Morgan fingerprint density at radius 2 is 2.09 bits per heavy atom. The maximum absolute atomic E-state index is 8.43. The van der Waals surface area contributed by atoms with Gasteiger partial charge in [0.15, 0.2) is 0 Å². The van der Waals surface area contributed by atoms with E-state index in [2.05, 4.69) is 11.0 Å². The van der Waals surface area contributed by atoms with Crippen molar-refractivity contribution in [2.24, 2.45) is 11.7 Å². The van der Waals surface area contributed by atoms with Crippen LogP contribution in [0.4, 0.5) is 0 Å². The Bertz CT molecular complexity index is 142. The third-order valence-corrected chi connectivity index (χ3v) is 2.33. The average Bonchev–Trinajstić information content (AvgIpc) is 2.07. The number of piperidine rings is 1. The molecule has 0 spiro atoms. The van der Waals surface area contributed by atoms with E-state index in [0.717, 1.165) is 32.5 Å². The predicted molar refractivity (Wildman–Crippen MR) is 43.8 cm³/mol. The molecule has 1 fully saturated rings. The molecule has 0 aromatic rings. The lowest BCUT2D eigenvalue weighted by Crippen LogP contribution is -2.36. The number of nitrogens with zero attached hydrogens (tertiary/aromatic N) is 2. The van der Waals surface area contributed by atoms with Crippen LogP contribution in [0.15, 0.2) is 0 Å². The molecule has 2 N–H and O–H groups in total. The van der Waals surface area contributed by atoms with Gasteiger partial charge in [0.05, 0.1) is 12.6 Å². The van der Waals surface area contributed by atoms with Crippen LogP contribution in [0.25, 0.3) is 0 Å². The van der Waals surface area contributed by atoms with E-state index in [1.807, 2.05) is 0 Å². The largest absolute Gasteiger partial charge is 0.330 e. The summed E-state index contributed by atoms with van der Waals surface area (Å²) in [5, 5.41) is 8.43. The molecule has 3 heteroatoms. The van der Waals surface area contributed by atoms with Gasteiger partial charge in [-0.1, -0.05) is 0 Å². The van der Waals surface area contributed by atoms with Crippen LogP contribution in [-0.4, -0.2) is 31.1 Å². The second-order valence-electron chi connectivity index (χ2n) is 3.11. The van der Waals surface area contributed by atoms with E-state index in [1.54, 1.807) is 0 Å². The number of hydrogen-bond acceptors (Lipinski definition) is 3. The van der Waals surface area contributed by atoms with Gasteiger partial charge in [-0.2, -0.15) is 5.26 Å². The van der Waals surface area contributed by atoms with E-state index in [0.29, 0.717) is 12.5 Å². The standard InChI is InChI=1S/C8H15N3/c9-3-6-11-4-1-8(7-10)2-5-11/h8H,1-2,4-7,10H2. The third kappa shape index (κ3) is 2.49. The first-order valence-electron chi connectivity index (χ1n) is 4.16. The van der Waals surface area contributed by atoms with Crippen LogP contribution >= 0.6 is 0 Å². The maximum atomic E-state index is 8.43. The highest BCUT2D eigenvalue weighted by molar-refractivity contribution is 4.80. The highest BCUT2D eigenvalue weighted by atomic mass is 15.1. The van der Waals surface area contributed by atoms with E-state index >= 15 is 0 Å². The minimum absolute atomic E-state index is 0.581. The van der Waals surface area contributed by atoms with Gasteiger partial charge in [0.1, 0.15) is 0 Å². The Labute approximate surface area is 67.8 Å². The molecule has 3 nitrogen and oxygen atoms in total. The summed E-state index contributed by atoms with van der Waals surface area (Å²) in [7, 11) is 0. The van der Waals surface area contributed by atoms with Crippen molar-refractivity contribution in [3.8, 4) is 6.07 Å². The van der Waals surface area contributed by atoms with Gasteiger partial charge in [-0.25, -0.2) is 0 Å². The van der Waals surface area contributed by atoms with Gasteiger partial charge in [0.25, 0.3) is 0 Å². The summed E-state index contributed by atoms with van der Waals surface area (Å²) < 4.78 is 0. The lowest BCUT2D eigenvalue weighted by molar-refractivity contribution is 0.206. The fourth-order valence-corrected chi connectivity index (χ4v) is 1.48. The molecule has 0 unspecified atom stereocenters. The number of rotatable bonds is 2. The van der Waals surface area contributed by atoms with E-state index in [4.69, 9.17) is 11.0 Å². The molecule has 1 aliphatic rings. The van der Waals surface area contributed by atoms with Crippen LogP contribution in [-0.2, 0) is 0 Å². The van der Waals surface area contributed by atoms with E-state index in [-0.39, 0.29) is 0 Å². The maximum Gasteiger partial charge on any atom is 0.0865 e. The lowest BCUT2D eigenvalue weighted by atomic mass is 9.97. The van der Waals surface area contributed by atoms with E-state index in [1.165, 1.54) is 0 Å². The summed E-state index contributed by atoms with van der Waals surface area (Å²) >= 11 is 0. The van der Waals surface area contributed by atoms with Crippen molar-refractivity contribution in [2.45, 2.75) is 12.8 Å². The van der Waals surface area contributed by atoms with Gasteiger partial charge in [0.2, 0.25) is 0 Å². The molecular weight excluding hydrogens is 138 g/mol. The zero-order chi connectivity index (χ0) is 8.10. The smallest absolute Gasteiger partial charge is 0.0865 e. The lowest BCUT2D eigenvalue weighted by Gasteiger charge is -2.29. The molecule has 1 rings (SSSR count). The van der Waals surface area contributed by atoms with Gasteiger partial charge in [-0.3, -0.25) is 4.90 Å².